The van der Waals surface area contributed by atoms with Gasteiger partial charge in [-0.15, -0.1) is 0 Å². The molecule has 8 heteroatoms. The molecular formula is C18H22N6O2. The average Bonchev–Trinajstić information content (AvgIpc) is 3.32. The van der Waals surface area contributed by atoms with Crippen LogP contribution in [0.15, 0.2) is 41.4 Å². The highest BCUT2D eigenvalue weighted by Crippen LogP contribution is 2.30. The van der Waals surface area contributed by atoms with Crippen LogP contribution in [-0.4, -0.2) is 52.2 Å². The van der Waals surface area contributed by atoms with Crippen LogP contribution in [0, 0.1) is 5.92 Å². The summed E-state index contributed by atoms with van der Waals surface area (Å²) < 4.78 is 4.77. The molecule has 2 unspecified atom stereocenters. The molecule has 136 valence electrons. The minimum Gasteiger partial charge on any atom is -0.369 e. The predicted molar refractivity (Wildman–Crippen MR) is 99.2 cm³/mol. The fourth-order valence-electron chi connectivity index (χ4n) is 3.64. The van der Waals surface area contributed by atoms with Gasteiger partial charge in [-0.1, -0.05) is 12.1 Å². The Morgan fingerprint density at radius 2 is 2.31 bits per heavy atom. The number of nitrogens with one attached hydrogen (secondary N) is 2. The van der Waals surface area contributed by atoms with Crippen LogP contribution in [0.25, 0.3) is 11.0 Å². The van der Waals surface area contributed by atoms with Gasteiger partial charge < -0.3 is 19.3 Å². The fraction of sp³-hybridized carbons (Fsp3) is 0.389. The van der Waals surface area contributed by atoms with Gasteiger partial charge >= 0.3 is 6.03 Å². The molecule has 4 rings (SSSR count). The van der Waals surface area contributed by atoms with Gasteiger partial charge in [-0.2, -0.15) is 0 Å². The topological polar surface area (TPSA) is 90.3 Å². The highest BCUT2D eigenvalue weighted by atomic mass is 16.5. The summed E-state index contributed by atoms with van der Waals surface area (Å²) in [4.78, 5) is 24.2. The van der Waals surface area contributed by atoms with Crippen molar-refractivity contribution in [2.75, 3.05) is 30.4 Å². The number of fused-ring (bicyclic) bond motifs is 1. The molecule has 2 N–H and O–H groups in total. The monoisotopic (exact) mass is 354 g/mol. The standard InChI is InChI=1S/C18H22N6O2/c1-12-5-9-24(18(25)21-16-6-10-26-22-16)11-15(12)23(2)14-4-8-20-17-13(14)3-7-19-17/h3-4,6-8,10,12,15H,5,9,11H2,1-2H3,(H,19,20)(H,21,22,25). The highest BCUT2D eigenvalue weighted by molar-refractivity contribution is 5.90. The molecule has 0 saturated carbocycles. The molecule has 4 heterocycles. The van der Waals surface area contributed by atoms with E-state index in [2.05, 4.69) is 39.3 Å². The number of carbonyl (C=O) groups is 1. The number of pyridine rings is 1. The van der Waals surface area contributed by atoms with Crippen LogP contribution in [0.2, 0.25) is 0 Å². The van der Waals surface area contributed by atoms with Gasteiger partial charge in [-0.25, -0.2) is 9.78 Å². The Kier molecular flexibility index (Phi) is 4.24. The first kappa shape index (κ1) is 16.4. The molecule has 0 aromatic carbocycles. The van der Waals surface area contributed by atoms with Crippen molar-refractivity contribution in [3.8, 4) is 0 Å². The summed E-state index contributed by atoms with van der Waals surface area (Å²) in [7, 11) is 2.09. The lowest BCUT2D eigenvalue weighted by Gasteiger charge is -2.42. The van der Waals surface area contributed by atoms with E-state index in [1.54, 1.807) is 6.07 Å². The first-order chi connectivity index (χ1) is 12.6. The van der Waals surface area contributed by atoms with E-state index >= 15 is 0 Å². The van der Waals surface area contributed by atoms with Gasteiger partial charge in [-0.3, -0.25) is 5.32 Å². The fourth-order valence-corrected chi connectivity index (χ4v) is 3.64. The SMILES string of the molecule is CC1CCN(C(=O)Nc2ccon2)CC1N(C)c1ccnc2[nH]ccc12. The van der Waals surface area contributed by atoms with E-state index in [1.165, 1.54) is 6.26 Å². The second kappa shape index (κ2) is 6.70. The summed E-state index contributed by atoms with van der Waals surface area (Å²) in [5.41, 5.74) is 1.99. The van der Waals surface area contributed by atoms with Gasteiger partial charge in [0.1, 0.15) is 11.9 Å². The number of H-pyrrole nitrogens is 1. The molecule has 3 aromatic heterocycles. The van der Waals surface area contributed by atoms with E-state index in [0.717, 1.165) is 29.7 Å². The molecule has 0 bridgehead atoms. The van der Waals surface area contributed by atoms with Crippen molar-refractivity contribution in [3.63, 3.8) is 0 Å². The number of likely N-dealkylation sites (tertiary alicyclic amines) is 1. The van der Waals surface area contributed by atoms with Crippen molar-refractivity contribution in [1.82, 2.24) is 20.0 Å². The van der Waals surface area contributed by atoms with Crippen molar-refractivity contribution in [1.29, 1.82) is 0 Å². The Hall–Kier alpha value is -3.03. The number of hydrogen-bond acceptors (Lipinski definition) is 5. The van der Waals surface area contributed by atoms with Crippen LogP contribution in [0.4, 0.5) is 16.3 Å². The molecule has 2 amide bonds. The quantitative estimate of drug-likeness (QED) is 0.755. The summed E-state index contributed by atoms with van der Waals surface area (Å²) >= 11 is 0. The summed E-state index contributed by atoms with van der Waals surface area (Å²) in [6.45, 7) is 3.62. The van der Waals surface area contributed by atoms with Crippen LogP contribution in [0.3, 0.4) is 0 Å². The van der Waals surface area contributed by atoms with E-state index in [0.29, 0.717) is 18.3 Å². The molecule has 1 saturated heterocycles. The minimum absolute atomic E-state index is 0.147. The number of nitrogens with zero attached hydrogens (tertiary/aromatic N) is 4. The Bertz CT molecular complexity index is 890. The number of rotatable bonds is 3. The Balaban J connectivity index is 1.53. The van der Waals surface area contributed by atoms with Crippen molar-refractivity contribution < 1.29 is 9.32 Å². The number of likely N-dealkylation sites (N-methyl/N-ethyl adjacent to an activating group) is 1. The third kappa shape index (κ3) is 2.98. The van der Waals surface area contributed by atoms with Crippen LogP contribution < -0.4 is 10.2 Å². The number of carbonyl (C=O) groups excluding carboxylic acids is 1. The molecule has 1 fully saturated rings. The number of aromatic nitrogens is 3. The lowest BCUT2D eigenvalue weighted by molar-refractivity contribution is 0.172. The van der Waals surface area contributed by atoms with E-state index in [9.17, 15) is 4.79 Å². The molecule has 2 atom stereocenters. The number of aromatic amines is 1. The maximum atomic E-state index is 12.5. The summed E-state index contributed by atoms with van der Waals surface area (Å²) in [5, 5.41) is 7.61. The largest absolute Gasteiger partial charge is 0.369 e. The maximum Gasteiger partial charge on any atom is 0.323 e. The van der Waals surface area contributed by atoms with Crippen molar-refractivity contribution in [2.45, 2.75) is 19.4 Å². The Morgan fingerprint density at radius 3 is 3.12 bits per heavy atom. The zero-order chi connectivity index (χ0) is 18.1. The van der Waals surface area contributed by atoms with Crippen LogP contribution in [-0.2, 0) is 0 Å². The van der Waals surface area contributed by atoms with E-state index < -0.39 is 0 Å². The molecule has 1 aliphatic heterocycles. The summed E-state index contributed by atoms with van der Waals surface area (Å²) in [6.07, 6.45) is 6.10. The lowest BCUT2D eigenvalue weighted by Crippen LogP contribution is -2.53. The van der Waals surface area contributed by atoms with Crippen molar-refractivity contribution in [2.24, 2.45) is 5.92 Å². The normalized spacial score (nSPS) is 20.3. The minimum atomic E-state index is -0.147. The van der Waals surface area contributed by atoms with Gasteiger partial charge in [0.2, 0.25) is 0 Å². The molecule has 0 aliphatic carbocycles. The molecule has 3 aromatic rings. The van der Waals surface area contributed by atoms with Crippen LogP contribution in [0.5, 0.6) is 0 Å². The molecule has 26 heavy (non-hydrogen) atoms. The smallest absolute Gasteiger partial charge is 0.323 e. The van der Waals surface area contributed by atoms with E-state index in [1.807, 2.05) is 29.4 Å². The van der Waals surface area contributed by atoms with Gasteiger partial charge in [0.05, 0.1) is 0 Å². The van der Waals surface area contributed by atoms with Crippen LogP contribution in [0.1, 0.15) is 13.3 Å². The average molecular weight is 354 g/mol. The zero-order valence-electron chi connectivity index (χ0n) is 14.8. The van der Waals surface area contributed by atoms with Gasteiger partial charge in [0, 0.05) is 55.7 Å². The molecule has 8 nitrogen and oxygen atoms in total. The summed E-state index contributed by atoms with van der Waals surface area (Å²) in [5.74, 6) is 0.903. The molecule has 0 radical (unpaired) electrons. The second-order valence-electron chi connectivity index (χ2n) is 6.78. The molecule has 1 aliphatic rings. The Morgan fingerprint density at radius 1 is 1.42 bits per heavy atom. The number of anilines is 2. The summed E-state index contributed by atoms with van der Waals surface area (Å²) in [6, 6.07) is 5.76. The third-order valence-electron chi connectivity index (χ3n) is 5.19. The number of piperidine rings is 1. The second-order valence-corrected chi connectivity index (χ2v) is 6.78. The highest BCUT2D eigenvalue weighted by Gasteiger charge is 2.32. The maximum absolute atomic E-state index is 12.5. The first-order valence-electron chi connectivity index (χ1n) is 8.74. The van der Waals surface area contributed by atoms with E-state index in [-0.39, 0.29) is 12.1 Å². The van der Waals surface area contributed by atoms with Crippen molar-refractivity contribution in [3.05, 3.63) is 36.9 Å². The predicted octanol–water partition coefficient (Wildman–Crippen LogP) is 2.93. The Labute approximate surface area is 151 Å². The van der Waals surface area contributed by atoms with E-state index in [4.69, 9.17) is 4.52 Å². The number of hydrogen-bond donors (Lipinski definition) is 2. The van der Waals surface area contributed by atoms with Gasteiger partial charge in [0.15, 0.2) is 5.82 Å². The van der Waals surface area contributed by atoms with Gasteiger partial charge in [0.25, 0.3) is 0 Å². The zero-order valence-corrected chi connectivity index (χ0v) is 14.8. The van der Waals surface area contributed by atoms with Crippen molar-refractivity contribution >= 4 is 28.6 Å². The molecular weight excluding hydrogens is 332 g/mol. The first-order valence-corrected chi connectivity index (χ1v) is 8.74. The lowest BCUT2D eigenvalue weighted by atomic mass is 9.92. The number of amides is 2. The number of urea groups is 1. The third-order valence-corrected chi connectivity index (χ3v) is 5.19. The van der Waals surface area contributed by atoms with Gasteiger partial charge in [-0.05, 0) is 24.5 Å². The van der Waals surface area contributed by atoms with Crippen LogP contribution >= 0.6 is 0 Å². The molecule has 0 spiro atoms.